The fourth-order valence-electron chi connectivity index (χ4n) is 1.34. The highest BCUT2D eigenvalue weighted by molar-refractivity contribution is 6.01. The van der Waals surface area contributed by atoms with Gasteiger partial charge in [0.1, 0.15) is 5.70 Å². The number of amides is 1. The normalized spacial score (nSPS) is 14.5. The third-order valence-corrected chi connectivity index (χ3v) is 2.05. The summed E-state index contributed by atoms with van der Waals surface area (Å²) in [6, 6.07) is 3.53. The van der Waals surface area contributed by atoms with Crippen LogP contribution in [-0.4, -0.2) is 17.1 Å². The molecule has 1 aromatic heterocycles. The standard InChI is InChI=1S/C11H10N4O/c12-11(16)10-9(14-4-1-5-15-10)8-2-6-13-7-3-8/h1-7,15H,(H2,12,16). The van der Waals surface area contributed by atoms with Gasteiger partial charge in [0.25, 0.3) is 5.91 Å². The van der Waals surface area contributed by atoms with E-state index < -0.39 is 5.91 Å². The first kappa shape index (κ1) is 10.1. The molecule has 0 unspecified atom stereocenters. The van der Waals surface area contributed by atoms with Crippen molar-refractivity contribution in [3.05, 3.63) is 48.1 Å². The monoisotopic (exact) mass is 214 g/mol. The summed E-state index contributed by atoms with van der Waals surface area (Å²) in [6.07, 6.45) is 8.16. The molecule has 2 rings (SSSR count). The van der Waals surface area contributed by atoms with Crippen LogP contribution in [0.2, 0.25) is 0 Å². The molecule has 0 saturated carbocycles. The van der Waals surface area contributed by atoms with E-state index in [1.807, 2.05) is 0 Å². The van der Waals surface area contributed by atoms with Crippen LogP contribution in [0.15, 0.2) is 47.5 Å². The molecule has 2 heterocycles. The highest BCUT2D eigenvalue weighted by Gasteiger charge is 2.13. The van der Waals surface area contributed by atoms with E-state index in [0.29, 0.717) is 5.70 Å². The molecule has 3 N–H and O–H groups in total. The topological polar surface area (TPSA) is 80.4 Å². The van der Waals surface area contributed by atoms with Crippen LogP contribution >= 0.6 is 0 Å². The Morgan fingerprint density at radius 1 is 1.31 bits per heavy atom. The number of nitrogens with one attached hydrogen (secondary N) is 1. The smallest absolute Gasteiger partial charge is 0.267 e. The maximum Gasteiger partial charge on any atom is 0.267 e. The van der Waals surface area contributed by atoms with Gasteiger partial charge in [0.05, 0.1) is 5.70 Å². The van der Waals surface area contributed by atoms with Crippen LogP contribution in [0.1, 0.15) is 5.56 Å². The summed E-state index contributed by atoms with van der Waals surface area (Å²) in [4.78, 5) is 19.3. The summed E-state index contributed by atoms with van der Waals surface area (Å²) in [7, 11) is 0. The van der Waals surface area contributed by atoms with Crippen molar-refractivity contribution in [2.24, 2.45) is 10.7 Å². The van der Waals surface area contributed by atoms with Crippen LogP contribution in [0.5, 0.6) is 0 Å². The highest BCUT2D eigenvalue weighted by atomic mass is 16.1. The number of hydrogen-bond donors (Lipinski definition) is 2. The second-order valence-corrected chi connectivity index (χ2v) is 3.11. The van der Waals surface area contributed by atoms with Crippen LogP contribution in [0.25, 0.3) is 5.70 Å². The molecule has 0 spiro atoms. The molecule has 0 fully saturated rings. The second kappa shape index (κ2) is 4.39. The molecule has 0 saturated heterocycles. The molecule has 1 aliphatic rings. The Kier molecular flexibility index (Phi) is 2.77. The number of aromatic nitrogens is 1. The van der Waals surface area contributed by atoms with Gasteiger partial charge in [0.15, 0.2) is 0 Å². The van der Waals surface area contributed by atoms with Crippen LogP contribution in [0.3, 0.4) is 0 Å². The fraction of sp³-hybridized carbons (Fsp3) is 0. The molecule has 0 aromatic carbocycles. The molecular weight excluding hydrogens is 204 g/mol. The number of hydrogen-bond acceptors (Lipinski definition) is 4. The van der Waals surface area contributed by atoms with E-state index in [2.05, 4.69) is 15.3 Å². The molecule has 0 aliphatic carbocycles. The third kappa shape index (κ3) is 1.98. The minimum absolute atomic E-state index is 0.274. The SMILES string of the molecule is NC(=O)C1=C(c2ccncc2)N=CC=CN1. The van der Waals surface area contributed by atoms with Crippen molar-refractivity contribution < 1.29 is 4.79 Å². The van der Waals surface area contributed by atoms with E-state index in [1.165, 1.54) is 0 Å². The molecule has 5 heteroatoms. The van der Waals surface area contributed by atoms with E-state index in [1.54, 1.807) is 43.0 Å². The maximum absolute atomic E-state index is 11.3. The van der Waals surface area contributed by atoms with Gasteiger partial charge in [0.2, 0.25) is 0 Å². The van der Waals surface area contributed by atoms with Crippen molar-refractivity contribution in [2.45, 2.75) is 0 Å². The summed E-state index contributed by atoms with van der Waals surface area (Å²) < 4.78 is 0. The molecule has 5 nitrogen and oxygen atoms in total. The van der Waals surface area contributed by atoms with Crippen LogP contribution < -0.4 is 11.1 Å². The lowest BCUT2D eigenvalue weighted by Crippen LogP contribution is -2.23. The number of carbonyl (C=O) groups excluding carboxylic acids is 1. The first-order chi connectivity index (χ1) is 7.79. The van der Waals surface area contributed by atoms with Crippen molar-refractivity contribution in [2.75, 3.05) is 0 Å². The lowest BCUT2D eigenvalue weighted by atomic mass is 10.1. The minimum atomic E-state index is -0.546. The van der Waals surface area contributed by atoms with Gasteiger partial charge >= 0.3 is 0 Å². The zero-order chi connectivity index (χ0) is 11.4. The van der Waals surface area contributed by atoms with Crippen molar-refractivity contribution in [3.63, 3.8) is 0 Å². The van der Waals surface area contributed by atoms with Crippen LogP contribution in [0.4, 0.5) is 0 Å². The lowest BCUT2D eigenvalue weighted by molar-refractivity contribution is -0.114. The highest BCUT2D eigenvalue weighted by Crippen LogP contribution is 2.18. The van der Waals surface area contributed by atoms with Gasteiger partial charge in [-0.3, -0.25) is 14.8 Å². The van der Waals surface area contributed by atoms with Crippen molar-refractivity contribution in [1.29, 1.82) is 0 Å². The van der Waals surface area contributed by atoms with E-state index in [4.69, 9.17) is 5.73 Å². The molecule has 16 heavy (non-hydrogen) atoms. The van der Waals surface area contributed by atoms with Gasteiger partial charge < -0.3 is 11.1 Å². The molecule has 0 bridgehead atoms. The Hall–Kier alpha value is -2.43. The first-order valence-electron chi connectivity index (χ1n) is 4.69. The van der Waals surface area contributed by atoms with E-state index in [0.717, 1.165) is 5.56 Å². The average Bonchev–Trinajstić information content (AvgIpc) is 2.55. The van der Waals surface area contributed by atoms with E-state index in [9.17, 15) is 4.79 Å². The van der Waals surface area contributed by atoms with Gasteiger partial charge in [-0.2, -0.15) is 0 Å². The minimum Gasteiger partial charge on any atom is -0.364 e. The number of rotatable bonds is 2. The van der Waals surface area contributed by atoms with Crippen molar-refractivity contribution in [1.82, 2.24) is 10.3 Å². The number of allylic oxidation sites excluding steroid dienone is 1. The average molecular weight is 214 g/mol. The zero-order valence-electron chi connectivity index (χ0n) is 8.42. The van der Waals surface area contributed by atoms with E-state index in [-0.39, 0.29) is 5.70 Å². The van der Waals surface area contributed by atoms with Crippen molar-refractivity contribution in [3.8, 4) is 0 Å². The summed E-state index contributed by atoms with van der Waals surface area (Å²) in [5.74, 6) is -0.546. The van der Waals surface area contributed by atoms with Gasteiger partial charge in [-0.1, -0.05) is 0 Å². The van der Waals surface area contributed by atoms with Gasteiger partial charge in [0, 0.05) is 30.4 Å². The van der Waals surface area contributed by atoms with Gasteiger partial charge in [-0.25, -0.2) is 0 Å². The molecule has 0 radical (unpaired) electrons. The van der Waals surface area contributed by atoms with Crippen LogP contribution in [-0.2, 0) is 4.79 Å². The molecule has 80 valence electrons. The number of aliphatic imine (C=N–C) groups is 1. The number of pyridine rings is 1. The first-order valence-corrected chi connectivity index (χ1v) is 4.69. The molecule has 0 atom stereocenters. The fourth-order valence-corrected chi connectivity index (χ4v) is 1.34. The predicted octanol–water partition coefficient (Wildman–Crippen LogP) is 0.423. The largest absolute Gasteiger partial charge is 0.364 e. The number of carbonyl (C=O) groups is 1. The Balaban J connectivity index is 2.53. The second-order valence-electron chi connectivity index (χ2n) is 3.11. The number of primary amides is 1. The Bertz CT molecular complexity index is 488. The quantitative estimate of drug-likeness (QED) is 0.748. The van der Waals surface area contributed by atoms with E-state index >= 15 is 0 Å². The molecule has 1 amide bonds. The van der Waals surface area contributed by atoms with Crippen LogP contribution in [0, 0.1) is 0 Å². The molecule has 1 aliphatic heterocycles. The maximum atomic E-state index is 11.3. The van der Waals surface area contributed by atoms with Gasteiger partial charge in [-0.15, -0.1) is 0 Å². The number of nitrogens with two attached hydrogens (primary N) is 1. The Labute approximate surface area is 92.4 Å². The summed E-state index contributed by atoms with van der Waals surface area (Å²) >= 11 is 0. The lowest BCUT2D eigenvalue weighted by Gasteiger charge is -2.07. The predicted molar refractivity (Wildman–Crippen MR) is 61.1 cm³/mol. The Morgan fingerprint density at radius 2 is 2.06 bits per heavy atom. The molecule has 1 aromatic rings. The van der Waals surface area contributed by atoms with Crippen molar-refractivity contribution >= 4 is 17.8 Å². The molecular formula is C11H10N4O. The Morgan fingerprint density at radius 3 is 2.75 bits per heavy atom. The summed E-state index contributed by atoms with van der Waals surface area (Å²) in [6.45, 7) is 0. The third-order valence-electron chi connectivity index (χ3n) is 2.05. The summed E-state index contributed by atoms with van der Waals surface area (Å²) in [5, 5.41) is 2.81. The number of nitrogens with zero attached hydrogens (tertiary/aromatic N) is 2. The zero-order valence-corrected chi connectivity index (χ0v) is 8.42. The summed E-state index contributed by atoms with van der Waals surface area (Å²) in [5.41, 5.74) is 6.86. The van der Waals surface area contributed by atoms with Gasteiger partial charge in [-0.05, 0) is 18.2 Å².